The fraction of sp³-hybridized carbons (Fsp3) is 0.571. The molecule has 0 fully saturated rings. The molecule has 2 nitrogen and oxygen atoms in total. The van der Waals surface area contributed by atoms with E-state index in [1.807, 2.05) is 36.4 Å². The average molecular weight is 548 g/mol. The number of unbranched alkanes of at least 4 members (excludes halogenated alkanes) is 10. The van der Waals surface area contributed by atoms with E-state index in [9.17, 15) is 10.2 Å². The molecule has 0 aliphatic carbocycles. The van der Waals surface area contributed by atoms with Gasteiger partial charge in [0.15, 0.2) is 0 Å². The van der Waals surface area contributed by atoms with E-state index in [-0.39, 0.29) is 60.4 Å². The Hall–Kier alpha value is -0.389. The number of aryl methyl sites for hydroxylation is 2. The van der Waals surface area contributed by atoms with Gasteiger partial charge in [0.1, 0.15) is 0 Å². The Balaban J connectivity index is 0.000000562. The molecule has 2 rings (SSSR count). The molecule has 0 unspecified atom stereocenters. The summed E-state index contributed by atoms with van der Waals surface area (Å²) in [5, 5.41) is 22.8. The molecule has 0 radical (unpaired) electrons. The standard InChI is InChI=1S/2C14H22O.Ba/c2*1-2-3-4-5-6-7-10-13-11-8-9-12-14(13)15;/h2*8-9,11-12,15H,2-7,10H2,1H3;/q;;+2/p-2. The third kappa shape index (κ3) is 16.0. The Morgan fingerprint density at radius 3 is 1.16 bits per heavy atom. The normalized spacial score (nSPS) is 10.1. The predicted octanol–water partition coefficient (Wildman–Crippen LogP) is 6.95. The number of para-hydroxylation sites is 2. The minimum Gasteiger partial charge on any atom is -0.872 e. The molecule has 0 amide bonds. The minimum atomic E-state index is 0. The van der Waals surface area contributed by atoms with Gasteiger partial charge in [0.25, 0.3) is 0 Å². The van der Waals surface area contributed by atoms with Crippen molar-refractivity contribution in [2.24, 2.45) is 0 Å². The zero-order valence-electron chi connectivity index (χ0n) is 20.0. The molecular weight excluding hydrogens is 506 g/mol. The second-order valence-corrected chi connectivity index (χ2v) is 8.25. The van der Waals surface area contributed by atoms with Gasteiger partial charge in [-0.3, -0.25) is 0 Å². The molecule has 168 valence electrons. The van der Waals surface area contributed by atoms with Gasteiger partial charge in [0.2, 0.25) is 0 Å². The molecule has 2 aromatic carbocycles. The average Bonchev–Trinajstić information content (AvgIpc) is 2.76. The van der Waals surface area contributed by atoms with Crippen LogP contribution in [0.15, 0.2) is 48.5 Å². The Labute approximate surface area is 231 Å². The van der Waals surface area contributed by atoms with Crippen LogP contribution in [-0.2, 0) is 12.8 Å². The number of hydrogen-bond donors (Lipinski definition) is 0. The summed E-state index contributed by atoms with van der Waals surface area (Å²) >= 11 is 0. The summed E-state index contributed by atoms with van der Waals surface area (Å²) in [6, 6.07) is 14.8. The fourth-order valence-corrected chi connectivity index (χ4v) is 3.61. The molecular formula is C28H42BaO2. The van der Waals surface area contributed by atoms with E-state index < -0.39 is 0 Å². The van der Waals surface area contributed by atoms with Crippen LogP contribution in [0.3, 0.4) is 0 Å². The van der Waals surface area contributed by atoms with Crippen LogP contribution in [0.5, 0.6) is 11.5 Å². The van der Waals surface area contributed by atoms with Crippen molar-refractivity contribution in [2.75, 3.05) is 0 Å². The first kappa shape index (κ1) is 30.6. The monoisotopic (exact) mass is 548 g/mol. The van der Waals surface area contributed by atoms with Crippen LogP contribution in [0.1, 0.15) is 102 Å². The van der Waals surface area contributed by atoms with Crippen LogP contribution in [0.25, 0.3) is 0 Å². The van der Waals surface area contributed by atoms with Gasteiger partial charge in [0, 0.05) is 0 Å². The van der Waals surface area contributed by atoms with Crippen molar-refractivity contribution in [2.45, 2.75) is 104 Å². The Bertz CT molecular complexity index is 599. The van der Waals surface area contributed by atoms with Crippen LogP contribution >= 0.6 is 0 Å². The number of rotatable bonds is 14. The van der Waals surface area contributed by atoms with Crippen molar-refractivity contribution in [3.8, 4) is 11.5 Å². The van der Waals surface area contributed by atoms with Crippen molar-refractivity contribution < 1.29 is 10.2 Å². The maximum Gasteiger partial charge on any atom is 2.00 e. The number of hydrogen-bond acceptors (Lipinski definition) is 2. The van der Waals surface area contributed by atoms with Gasteiger partial charge < -0.3 is 10.2 Å². The quantitative estimate of drug-likeness (QED) is 0.190. The molecule has 0 heterocycles. The second kappa shape index (κ2) is 21.5. The van der Waals surface area contributed by atoms with E-state index in [0.29, 0.717) is 0 Å². The maximum atomic E-state index is 11.4. The van der Waals surface area contributed by atoms with E-state index >= 15 is 0 Å². The second-order valence-electron chi connectivity index (χ2n) is 8.25. The molecule has 0 bridgehead atoms. The minimum absolute atomic E-state index is 0. The summed E-state index contributed by atoms with van der Waals surface area (Å²) in [5.41, 5.74) is 1.96. The Kier molecular flexibility index (Phi) is 21.2. The smallest absolute Gasteiger partial charge is 0.872 e. The van der Waals surface area contributed by atoms with Gasteiger partial charge in [-0.25, -0.2) is 0 Å². The topological polar surface area (TPSA) is 46.1 Å². The van der Waals surface area contributed by atoms with E-state index in [4.69, 9.17) is 0 Å². The molecule has 0 N–H and O–H groups in total. The summed E-state index contributed by atoms with van der Waals surface area (Å²) in [5.74, 6) is 0.400. The van der Waals surface area contributed by atoms with Crippen LogP contribution in [-0.4, -0.2) is 48.9 Å². The van der Waals surface area contributed by atoms with Gasteiger partial charge in [0.05, 0.1) is 0 Å². The molecule has 0 aromatic heterocycles. The van der Waals surface area contributed by atoms with E-state index in [1.165, 1.54) is 64.2 Å². The summed E-state index contributed by atoms with van der Waals surface area (Å²) in [6.45, 7) is 4.46. The summed E-state index contributed by atoms with van der Waals surface area (Å²) in [4.78, 5) is 0. The van der Waals surface area contributed by atoms with Crippen molar-refractivity contribution in [3.63, 3.8) is 0 Å². The third-order valence-electron chi connectivity index (χ3n) is 5.54. The SMILES string of the molecule is CCCCCCCCc1ccccc1[O-].CCCCCCCCc1ccccc1[O-].[Ba+2]. The van der Waals surface area contributed by atoms with Gasteiger partial charge >= 0.3 is 48.9 Å². The van der Waals surface area contributed by atoms with Crippen molar-refractivity contribution in [1.29, 1.82) is 0 Å². The van der Waals surface area contributed by atoms with E-state index in [1.54, 1.807) is 12.1 Å². The molecule has 0 saturated heterocycles. The zero-order chi connectivity index (χ0) is 21.9. The van der Waals surface area contributed by atoms with Gasteiger partial charge in [-0.2, -0.15) is 0 Å². The summed E-state index contributed by atoms with van der Waals surface area (Å²) in [7, 11) is 0. The van der Waals surface area contributed by atoms with E-state index in [2.05, 4.69) is 13.8 Å². The largest absolute Gasteiger partial charge is 2.00 e. The fourth-order valence-electron chi connectivity index (χ4n) is 3.61. The van der Waals surface area contributed by atoms with Gasteiger partial charge in [-0.1, -0.05) is 138 Å². The van der Waals surface area contributed by atoms with Crippen LogP contribution in [0.4, 0.5) is 0 Å². The molecule has 0 aliphatic rings. The van der Waals surface area contributed by atoms with Crippen molar-refractivity contribution in [3.05, 3.63) is 59.7 Å². The molecule has 0 aliphatic heterocycles. The van der Waals surface area contributed by atoms with Crippen molar-refractivity contribution in [1.82, 2.24) is 0 Å². The van der Waals surface area contributed by atoms with Crippen LogP contribution < -0.4 is 10.2 Å². The van der Waals surface area contributed by atoms with Gasteiger partial charge in [-0.05, 0) is 25.7 Å². The molecule has 3 heteroatoms. The molecule has 0 atom stereocenters. The molecule has 2 aromatic rings. The first-order chi connectivity index (χ1) is 14.7. The Morgan fingerprint density at radius 1 is 0.484 bits per heavy atom. The first-order valence-electron chi connectivity index (χ1n) is 12.2. The van der Waals surface area contributed by atoms with Gasteiger partial charge in [-0.15, -0.1) is 11.5 Å². The van der Waals surface area contributed by atoms with Crippen LogP contribution in [0, 0.1) is 0 Å². The zero-order valence-corrected chi connectivity index (χ0v) is 24.5. The van der Waals surface area contributed by atoms with Crippen LogP contribution in [0.2, 0.25) is 0 Å². The molecule has 0 spiro atoms. The first-order valence-corrected chi connectivity index (χ1v) is 12.2. The molecule has 31 heavy (non-hydrogen) atoms. The maximum absolute atomic E-state index is 11.4. The van der Waals surface area contributed by atoms with Crippen molar-refractivity contribution >= 4 is 48.9 Å². The summed E-state index contributed by atoms with van der Waals surface area (Å²) < 4.78 is 0. The Morgan fingerprint density at radius 2 is 0.806 bits per heavy atom. The predicted molar refractivity (Wildman–Crippen MR) is 132 cm³/mol. The molecule has 0 saturated carbocycles. The van der Waals surface area contributed by atoms with E-state index in [0.717, 1.165) is 36.8 Å². The third-order valence-corrected chi connectivity index (χ3v) is 5.54. The number of benzene rings is 2. The summed E-state index contributed by atoms with van der Waals surface area (Å²) in [6.07, 6.45) is 17.3.